The maximum Gasteiger partial charge on any atom is 0.252 e. The van der Waals surface area contributed by atoms with E-state index in [1.165, 1.54) is 4.31 Å². The Kier molecular flexibility index (Phi) is 3.80. The molecule has 2 atom stereocenters. The number of nitrogens with zero attached hydrogens (tertiary/aromatic N) is 1. The number of morpholine rings is 1. The van der Waals surface area contributed by atoms with Crippen molar-refractivity contribution in [3.63, 3.8) is 0 Å². The fourth-order valence-corrected chi connectivity index (χ4v) is 5.12. The van der Waals surface area contributed by atoms with E-state index < -0.39 is 10.0 Å². The van der Waals surface area contributed by atoms with Crippen LogP contribution >= 0.6 is 22.9 Å². The van der Waals surface area contributed by atoms with Gasteiger partial charge in [-0.3, -0.25) is 0 Å². The minimum Gasteiger partial charge on any atom is -0.373 e. The van der Waals surface area contributed by atoms with Gasteiger partial charge in [-0.05, 0) is 26.0 Å². The normalized spacial score (nSPS) is 27.2. The van der Waals surface area contributed by atoms with Crippen molar-refractivity contribution >= 4 is 33.0 Å². The fourth-order valence-electron chi connectivity index (χ4n) is 1.89. The molecule has 0 aliphatic carbocycles. The van der Waals surface area contributed by atoms with Gasteiger partial charge in [0.05, 0.1) is 16.5 Å². The molecule has 2 heterocycles. The third-order valence-corrected chi connectivity index (χ3v) is 6.06. The lowest BCUT2D eigenvalue weighted by Crippen LogP contribution is -2.47. The molecule has 0 N–H and O–H groups in total. The minimum absolute atomic E-state index is 0.0797. The zero-order valence-corrected chi connectivity index (χ0v) is 12.0. The molecule has 0 amide bonds. The summed E-state index contributed by atoms with van der Waals surface area (Å²) in [5.41, 5.74) is 0. The standard InChI is InChI=1S/C10H14ClNO3S2/c1-7-5-12(6-8(2)15-7)17(13,14)10-4-3-9(11)16-10/h3-4,7-8H,5-6H2,1-2H3/t7-,8+. The maximum atomic E-state index is 12.3. The molecule has 0 aromatic carbocycles. The van der Waals surface area contributed by atoms with E-state index in [1.807, 2.05) is 13.8 Å². The smallest absolute Gasteiger partial charge is 0.252 e. The first kappa shape index (κ1) is 13.3. The van der Waals surface area contributed by atoms with Crippen LogP contribution in [0.2, 0.25) is 4.34 Å². The van der Waals surface area contributed by atoms with Crippen LogP contribution in [0.25, 0.3) is 0 Å². The van der Waals surface area contributed by atoms with E-state index in [-0.39, 0.29) is 12.2 Å². The minimum atomic E-state index is -3.42. The summed E-state index contributed by atoms with van der Waals surface area (Å²) in [5.74, 6) is 0. The summed E-state index contributed by atoms with van der Waals surface area (Å²) >= 11 is 6.86. The SMILES string of the molecule is C[C@@H]1CN(S(=O)(=O)c2ccc(Cl)s2)C[C@H](C)O1. The van der Waals surface area contributed by atoms with Gasteiger partial charge in [0, 0.05) is 13.1 Å². The van der Waals surface area contributed by atoms with Crippen LogP contribution < -0.4 is 0 Å². The van der Waals surface area contributed by atoms with E-state index in [0.717, 1.165) is 11.3 Å². The Bertz CT molecular complexity index is 489. The molecule has 1 saturated heterocycles. The molecule has 96 valence electrons. The zero-order chi connectivity index (χ0) is 12.6. The Hall–Kier alpha value is -0.140. The van der Waals surface area contributed by atoms with Crippen LogP contribution in [0.3, 0.4) is 0 Å². The highest BCUT2D eigenvalue weighted by molar-refractivity contribution is 7.91. The number of rotatable bonds is 2. The topological polar surface area (TPSA) is 46.6 Å². The van der Waals surface area contributed by atoms with Gasteiger partial charge in [0.25, 0.3) is 10.0 Å². The lowest BCUT2D eigenvalue weighted by atomic mass is 10.3. The molecular formula is C10H14ClNO3S2. The monoisotopic (exact) mass is 295 g/mol. The average Bonchev–Trinajstić information content (AvgIpc) is 2.64. The molecular weight excluding hydrogens is 282 g/mol. The van der Waals surface area contributed by atoms with Gasteiger partial charge in [-0.1, -0.05) is 11.6 Å². The van der Waals surface area contributed by atoms with Crippen molar-refractivity contribution in [3.8, 4) is 0 Å². The first-order valence-electron chi connectivity index (χ1n) is 5.30. The molecule has 0 unspecified atom stereocenters. The van der Waals surface area contributed by atoms with Gasteiger partial charge in [-0.25, -0.2) is 8.42 Å². The van der Waals surface area contributed by atoms with E-state index in [1.54, 1.807) is 12.1 Å². The molecule has 17 heavy (non-hydrogen) atoms. The average molecular weight is 296 g/mol. The second-order valence-electron chi connectivity index (χ2n) is 4.14. The van der Waals surface area contributed by atoms with Gasteiger partial charge < -0.3 is 4.74 Å². The third-order valence-electron chi connectivity index (χ3n) is 2.53. The summed E-state index contributed by atoms with van der Waals surface area (Å²) in [6, 6.07) is 3.15. The predicted octanol–water partition coefficient (Wildman–Crippen LogP) is 2.20. The van der Waals surface area contributed by atoms with Crippen molar-refractivity contribution < 1.29 is 13.2 Å². The Balaban J connectivity index is 2.26. The Morgan fingerprint density at radius 3 is 2.41 bits per heavy atom. The molecule has 1 aromatic heterocycles. The Labute approximate surface area is 110 Å². The van der Waals surface area contributed by atoms with E-state index in [0.29, 0.717) is 21.6 Å². The van der Waals surface area contributed by atoms with Crippen molar-refractivity contribution in [2.75, 3.05) is 13.1 Å². The molecule has 2 rings (SSSR count). The molecule has 0 bridgehead atoms. The van der Waals surface area contributed by atoms with Crippen molar-refractivity contribution in [3.05, 3.63) is 16.5 Å². The number of hydrogen-bond donors (Lipinski definition) is 0. The van der Waals surface area contributed by atoms with Crippen molar-refractivity contribution in [2.24, 2.45) is 0 Å². The van der Waals surface area contributed by atoms with Gasteiger partial charge in [-0.15, -0.1) is 11.3 Å². The van der Waals surface area contributed by atoms with Crippen molar-refractivity contribution in [1.82, 2.24) is 4.31 Å². The second-order valence-corrected chi connectivity index (χ2v) is 8.02. The maximum absolute atomic E-state index is 12.3. The Morgan fingerprint density at radius 1 is 1.35 bits per heavy atom. The van der Waals surface area contributed by atoms with Crippen molar-refractivity contribution in [1.29, 1.82) is 0 Å². The summed E-state index contributed by atoms with van der Waals surface area (Å²) in [6.45, 7) is 4.53. The summed E-state index contributed by atoms with van der Waals surface area (Å²) in [4.78, 5) is 0. The molecule has 1 aliphatic rings. The van der Waals surface area contributed by atoms with E-state index in [2.05, 4.69) is 0 Å². The van der Waals surface area contributed by atoms with Crippen LogP contribution in [-0.4, -0.2) is 38.0 Å². The largest absolute Gasteiger partial charge is 0.373 e. The van der Waals surface area contributed by atoms with Crippen LogP contribution in [0, 0.1) is 0 Å². The number of thiophene rings is 1. The van der Waals surface area contributed by atoms with Crippen LogP contribution in [0.4, 0.5) is 0 Å². The summed E-state index contributed by atoms with van der Waals surface area (Å²) < 4.78 is 32.4. The molecule has 7 heteroatoms. The van der Waals surface area contributed by atoms with E-state index in [9.17, 15) is 8.42 Å². The number of ether oxygens (including phenoxy) is 1. The highest BCUT2D eigenvalue weighted by Gasteiger charge is 2.32. The molecule has 1 aromatic rings. The van der Waals surface area contributed by atoms with Gasteiger partial charge in [-0.2, -0.15) is 4.31 Å². The van der Waals surface area contributed by atoms with E-state index >= 15 is 0 Å². The molecule has 1 fully saturated rings. The molecule has 0 radical (unpaired) electrons. The van der Waals surface area contributed by atoms with Crippen molar-refractivity contribution in [2.45, 2.75) is 30.3 Å². The van der Waals surface area contributed by atoms with Gasteiger partial charge in [0.2, 0.25) is 0 Å². The first-order chi connectivity index (χ1) is 7.89. The lowest BCUT2D eigenvalue weighted by molar-refractivity contribution is -0.0440. The third kappa shape index (κ3) is 2.82. The second kappa shape index (κ2) is 4.85. The molecule has 4 nitrogen and oxygen atoms in total. The van der Waals surface area contributed by atoms with Crippen LogP contribution in [0.15, 0.2) is 16.3 Å². The number of hydrogen-bond acceptors (Lipinski definition) is 4. The molecule has 1 aliphatic heterocycles. The highest BCUT2D eigenvalue weighted by Crippen LogP contribution is 2.29. The van der Waals surface area contributed by atoms with Gasteiger partial charge in [0.1, 0.15) is 4.21 Å². The fraction of sp³-hybridized carbons (Fsp3) is 0.600. The predicted molar refractivity (Wildman–Crippen MR) is 68.1 cm³/mol. The Morgan fingerprint density at radius 2 is 1.94 bits per heavy atom. The van der Waals surface area contributed by atoms with Gasteiger partial charge in [0.15, 0.2) is 0 Å². The van der Waals surface area contributed by atoms with Crippen LogP contribution in [0.1, 0.15) is 13.8 Å². The quantitative estimate of drug-likeness (QED) is 0.840. The van der Waals surface area contributed by atoms with Crippen LogP contribution in [-0.2, 0) is 14.8 Å². The highest BCUT2D eigenvalue weighted by atomic mass is 35.5. The lowest BCUT2D eigenvalue weighted by Gasteiger charge is -2.34. The first-order valence-corrected chi connectivity index (χ1v) is 7.94. The van der Waals surface area contributed by atoms with E-state index in [4.69, 9.17) is 16.3 Å². The zero-order valence-electron chi connectivity index (χ0n) is 9.59. The number of halogens is 1. The van der Waals surface area contributed by atoms with Crippen LogP contribution in [0.5, 0.6) is 0 Å². The summed E-state index contributed by atoms with van der Waals surface area (Å²) in [6.07, 6.45) is -0.159. The number of sulfonamides is 1. The molecule has 0 spiro atoms. The molecule has 0 saturated carbocycles. The van der Waals surface area contributed by atoms with Gasteiger partial charge >= 0.3 is 0 Å². The summed E-state index contributed by atoms with van der Waals surface area (Å²) in [5, 5.41) is 0. The summed E-state index contributed by atoms with van der Waals surface area (Å²) in [7, 11) is -3.42.